The van der Waals surface area contributed by atoms with Gasteiger partial charge in [0, 0.05) is 6.61 Å². The van der Waals surface area contributed by atoms with Crippen LogP contribution in [0.2, 0.25) is 18.1 Å². The number of rotatable bonds is 8. The van der Waals surface area contributed by atoms with E-state index in [-0.39, 0.29) is 10.7 Å². The first-order valence-electron chi connectivity index (χ1n) is 10.2. The molecule has 1 aromatic carbocycles. The average molecular weight is 454 g/mol. The van der Waals surface area contributed by atoms with Crippen molar-refractivity contribution in [3.05, 3.63) is 53.0 Å². The second-order valence-electron chi connectivity index (χ2n) is 9.02. The molecule has 1 aromatic heterocycles. The van der Waals surface area contributed by atoms with Gasteiger partial charge in [-0.25, -0.2) is 22.9 Å². The van der Waals surface area contributed by atoms with Crippen molar-refractivity contribution >= 4 is 14.3 Å². The van der Waals surface area contributed by atoms with Gasteiger partial charge in [-0.2, -0.15) is 0 Å². The van der Waals surface area contributed by atoms with Crippen LogP contribution in [0.25, 0.3) is 11.3 Å². The lowest BCUT2D eigenvalue weighted by Gasteiger charge is -2.36. The summed E-state index contributed by atoms with van der Waals surface area (Å²) in [5.41, 5.74) is -0.931. The van der Waals surface area contributed by atoms with Crippen LogP contribution in [0.5, 0.6) is 0 Å². The van der Waals surface area contributed by atoms with Gasteiger partial charge in [0.05, 0.1) is 12.7 Å². The number of pyridine rings is 1. The van der Waals surface area contributed by atoms with Gasteiger partial charge in [-0.3, -0.25) is 0 Å². The second kappa shape index (κ2) is 9.95. The molecular formula is C23H30F3NO3Si. The molecule has 2 rings (SSSR count). The molecule has 0 fully saturated rings. The molecule has 0 aliphatic heterocycles. The molecule has 8 heteroatoms. The summed E-state index contributed by atoms with van der Waals surface area (Å²) in [4.78, 5) is 15.4. The number of esters is 1. The lowest BCUT2D eigenvalue weighted by atomic mass is 10.0. The molecule has 0 saturated heterocycles. The number of benzene rings is 1. The largest absolute Gasteiger partial charge is 0.464 e. The average Bonchev–Trinajstić information content (AvgIpc) is 2.67. The maximum absolute atomic E-state index is 14.7. The molecule has 0 aliphatic rings. The summed E-state index contributed by atoms with van der Waals surface area (Å²) in [5, 5.41) is 0.129. The van der Waals surface area contributed by atoms with E-state index in [9.17, 15) is 18.0 Å². The zero-order valence-corrected chi connectivity index (χ0v) is 19.9. The number of carbonyl (C=O) groups is 1. The van der Waals surface area contributed by atoms with Crippen LogP contribution in [-0.4, -0.2) is 33.0 Å². The van der Waals surface area contributed by atoms with Crippen molar-refractivity contribution in [3.8, 4) is 11.3 Å². The first kappa shape index (κ1) is 25.1. The fourth-order valence-corrected chi connectivity index (χ4v) is 3.89. The molecule has 0 N–H and O–H groups in total. The summed E-state index contributed by atoms with van der Waals surface area (Å²) in [6.07, 6.45) is 1.94. The molecule has 0 saturated carbocycles. The van der Waals surface area contributed by atoms with E-state index in [1.807, 2.05) is 0 Å². The van der Waals surface area contributed by atoms with Crippen LogP contribution in [0, 0.1) is 17.5 Å². The molecule has 0 unspecified atom stereocenters. The molecule has 0 amide bonds. The Bertz CT molecular complexity index is 919. The van der Waals surface area contributed by atoms with Gasteiger partial charge in [-0.1, -0.05) is 20.8 Å². The van der Waals surface area contributed by atoms with Gasteiger partial charge in [0.2, 0.25) is 0 Å². The smallest absolute Gasteiger partial charge is 0.356 e. The number of hydrogen-bond donors (Lipinski definition) is 0. The number of halogens is 3. The fourth-order valence-electron chi connectivity index (χ4n) is 2.81. The Morgan fingerprint density at radius 3 is 2.19 bits per heavy atom. The quantitative estimate of drug-likeness (QED) is 0.267. The highest BCUT2D eigenvalue weighted by Gasteiger charge is 2.36. The Labute approximate surface area is 182 Å². The standard InChI is InChI=1S/C23H30F3NO3Si/c1-23(2,3)31(5,6)30-12-8-7-9-15-13-17(25)20(18(26)14-15)21-16(24)10-11-19(27-21)22(28)29-4/h10-11,13-14H,7-9,12H2,1-6H3. The number of ether oxygens (including phenoxy) is 1. The van der Waals surface area contributed by atoms with Crippen LogP contribution in [0.15, 0.2) is 24.3 Å². The molecule has 0 spiro atoms. The van der Waals surface area contributed by atoms with E-state index in [0.29, 0.717) is 25.0 Å². The van der Waals surface area contributed by atoms with E-state index in [2.05, 4.69) is 43.6 Å². The Hall–Kier alpha value is -2.19. The minimum Gasteiger partial charge on any atom is -0.464 e. The number of hydrogen-bond acceptors (Lipinski definition) is 4. The van der Waals surface area contributed by atoms with E-state index >= 15 is 0 Å². The number of aryl methyl sites for hydroxylation is 1. The van der Waals surface area contributed by atoms with Crippen molar-refractivity contribution in [2.45, 2.75) is 58.2 Å². The van der Waals surface area contributed by atoms with E-state index in [4.69, 9.17) is 4.43 Å². The van der Waals surface area contributed by atoms with Gasteiger partial charge in [-0.15, -0.1) is 0 Å². The van der Waals surface area contributed by atoms with Crippen molar-refractivity contribution in [1.29, 1.82) is 0 Å². The third kappa shape index (κ3) is 6.17. The highest BCUT2D eigenvalue weighted by molar-refractivity contribution is 6.74. The van der Waals surface area contributed by atoms with Crippen LogP contribution >= 0.6 is 0 Å². The summed E-state index contributed by atoms with van der Waals surface area (Å²) in [5.74, 6) is -3.61. The summed E-state index contributed by atoms with van der Waals surface area (Å²) in [6.45, 7) is 11.5. The maximum atomic E-state index is 14.7. The monoisotopic (exact) mass is 453 g/mol. The highest BCUT2D eigenvalue weighted by Crippen LogP contribution is 2.36. The van der Waals surface area contributed by atoms with Gasteiger partial charge < -0.3 is 9.16 Å². The van der Waals surface area contributed by atoms with E-state index in [0.717, 1.165) is 25.7 Å². The summed E-state index contributed by atoms with van der Waals surface area (Å²) in [6, 6.07) is 4.39. The van der Waals surface area contributed by atoms with Crippen LogP contribution in [-0.2, 0) is 15.6 Å². The van der Waals surface area contributed by atoms with Gasteiger partial charge in [-0.05, 0) is 67.2 Å². The third-order valence-corrected chi connectivity index (χ3v) is 10.2. The Morgan fingerprint density at radius 1 is 1.03 bits per heavy atom. The summed E-state index contributed by atoms with van der Waals surface area (Å²) in [7, 11) is -0.674. The van der Waals surface area contributed by atoms with Gasteiger partial charge in [0.25, 0.3) is 0 Å². The van der Waals surface area contributed by atoms with E-state index in [1.54, 1.807) is 0 Å². The molecule has 0 aliphatic carbocycles. The molecule has 4 nitrogen and oxygen atoms in total. The summed E-state index contributed by atoms with van der Waals surface area (Å²) < 4.78 is 54.2. The number of methoxy groups -OCH3 is 1. The van der Waals surface area contributed by atoms with Crippen LogP contribution in [0.3, 0.4) is 0 Å². The molecule has 170 valence electrons. The second-order valence-corrected chi connectivity index (χ2v) is 13.8. The lowest BCUT2D eigenvalue weighted by molar-refractivity contribution is 0.0594. The predicted molar refractivity (Wildman–Crippen MR) is 117 cm³/mol. The van der Waals surface area contributed by atoms with Gasteiger partial charge >= 0.3 is 5.97 Å². The number of aromatic nitrogens is 1. The molecule has 0 bridgehead atoms. The number of carbonyl (C=O) groups excluding carboxylic acids is 1. The zero-order chi connectivity index (χ0) is 23.4. The topological polar surface area (TPSA) is 48.4 Å². The molecule has 31 heavy (non-hydrogen) atoms. The first-order valence-corrected chi connectivity index (χ1v) is 13.2. The van der Waals surface area contributed by atoms with Crippen molar-refractivity contribution in [3.63, 3.8) is 0 Å². The fraction of sp³-hybridized carbons (Fsp3) is 0.478. The highest BCUT2D eigenvalue weighted by atomic mass is 28.4. The zero-order valence-electron chi connectivity index (χ0n) is 18.9. The van der Waals surface area contributed by atoms with Crippen LogP contribution < -0.4 is 0 Å². The number of nitrogens with zero attached hydrogens (tertiary/aromatic N) is 1. The minimum absolute atomic E-state index is 0.129. The Morgan fingerprint density at radius 2 is 1.65 bits per heavy atom. The Balaban J connectivity index is 2.09. The van der Waals surface area contributed by atoms with Crippen LogP contribution in [0.4, 0.5) is 13.2 Å². The van der Waals surface area contributed by atoms with Crippen LogP contribution in [0.1, 0.15) is 49.7 Å². The predicted octanol–water partition coefficient (Wildman–Crippen LogP) is 6.30. The van der Waals surface area contributed by atoms with E-state index < -0.39 is 43.0 Å². The lowest BCUT2D eigenvalue weighted by Crippen LogP contribution is -2.40. The first-order chi connectivity index (χ1) is 14.4. The number of unbranched alkanes of at least 4 members (excludes halogenated alkanes) is 1. The summed E-state index contributed by atoms with van der Waals surface area (Å²) >= 11 is 0. The van der Waals surface area contributed by atoms with Gasteiger partial charge in [0.15, 0.2) is 8.32 Å². The van der Waals surface area contributed by atoms with Crippen molar-refractivity contribution in [1.82, 2.24) is 4.98 Å². The van der Waals surface area contributed by atoms with Crippen molar-refractivity contribution in [2.24, 2.45) is 0 Å². The Kier molecular flexibility index (Phi) is 8.05. The molecular weight excluding hydrogens is 423 g/mol. The normalized spacial score (nSPS) is 12.2. The molecule has 0 atom stereocenters. The maximum Gasteiger partial charge on any atom is 0.356 e. The van der Waals surface area contributed by atoms with Gasteiger partial charge in [0.1, 0.15) is 28.8 Å². The minimum atomic E-state index is -1.81. The van der Waals surface area contributed by atoms with E-state index in [1.165, 1.54) is 12.1 Å². The molecule has 1 heterocycles. The van der Waals surface area contributed by atoms with Crippen molar-refractivity contribution in [2.75, 3.05) is 13.7 Å². The van der Waals surface area contributed by atoms with Crippen molar-refractivity contribution < 1.29 is 27.1 Å². The molecule has 2 aromatic rings. The third-order valence-electron chi connectivity index (χ3n) is 5.71. The SMILES string of the molecule is COC(=O)c1ccc(F)c(-c2c(F)cc(CCCCO[Si](C)(C)C(C)(C)C)cc2F)n1. The molecule has 0 radical (unpaired) electrons.